The molecular weight excluding hydrogens is 128 g/mol. The summed E-state index contributed by atoms with van der Waals surface area (Å²) in [7, 11) is 0. The first-order valence-electron chi connectivity index (χ1n) is 3.12. The van der Waals surface area contributed by atoms with E-state index in [1.165, 1.54) is 17.3 Å². The Kier molecular flexibility index (Phi) is 1.76. The number of carbonyl (C=O) groups excluding carboxylic acids is 1. The van der Waals surface area contributed by atoms with E-state index < -0.39 is 0 Å². The molecule has 0 atom stereocenters. The van der Waals surface area contributed by atoms with Crippen LogP contribution in [0, 0.1) is 0 Å². The van der Waals surface area contributed by atoms with Gasteiger partial charge in [0.1, 0.15) is 0 Å². The van der Waals surface area contributed by atoms with Crippen molar-refractivity contribution in [2.24, 2.45) is 0 Å². The van der Waals surface area contributed by atoms with Crippen LogP contribution in [0.2, 0.25) is 0 Å². The molecule has 0 saturated carbocycles. The third kappa shape index (κ3) is 1.18. The molecule has 1 aliphatic rings. The molecule has 10 heavy (non-hydrogen) atoms. The first kappa shape index (κ1) is 6.86. The highest BCUT2D eigenvalue weighted by Crippen LogP contribution is 2.08. The zero-order valence-corrected chi connectivity index (χ0v) is 5.79. The van der Waals surface area contributed by atoms with Gasteiger partial charge in [-0.2, -0.15) is 0 Å². The lowest BCUT2D eigenvalue weighted by molar-refractivity contribution is 0.214. The van der Waals surface area contributed by atoms with Gasteiger partial charge in [-0.25, -0.2) is 4.79 Å². The molecular formula is C7H10N2O. The van der Waals surface area contributed by atoms with Crippen LogP contribution in [0.1, 0.15) is 0 Å². The minimum Gasteiger partial charge on any atom is -0.321 e. The Morgan fingerprint density at radius 2 is 1.90 bits per heavy atom. The van der Waals surface area contributed by atoms with Crippen molar-refractivity contribution >= 4 is 6.03 Å². The highest BCUT2D eigenvalue weighted by molar-refractivity contribution is 5.78. The highest BCUT2D eigenvalue weighted by atomic mass is 16.2. The molecule has 1 rings (SSSR count). The highest BCUT2D eigenvalue weighted by Gasteiger charge is 2.26. The number of rotatable bonds is 2. The second-order valence-electron chi connectivity index (χ2n) is 2.04. The van der Waals surface area contributed by atoms with Gasteiger partial charge in [0.2, 0.25) is 0 Å². The Hall–Kier alpha value is -1.25. The molecule has 1 heterocycles. The Balaban J connectivity index is 2.50. The molecule has 0 N–H and O–H groups in total. The van der Waals surface area contributed by atoms with Crippen molar-refractivity contribution < 1.29 is 4.79 Å². The van der Waals surface area contributed by atoms with Crippen LogP contribution in [-0.4, -0.2) is 28.9 Å². The summed E-state index contributed by atoms with van der Waals surface area (Å²) in [4.78, 5) is 14.1. The average Bonchev–Trinajstić information content (AvgIpc) is 2.71. The van der Waals surface area contributed by atoms with E-state index in [-0.39, 0.29) is 6.03 Å². The molecule has 0 spiro atoms. The zero-order chi connectivity index (χ0) is 7.56. The van der Waals surface area contributed by atoms with Gasteiger partial charge < -0.3 is 4.90 Å². The molecule has 1 aliphatic heterocycles. The van der Waals surface area contributed by atoms with Crippen LogP contribution in [0.4, 0.5) is 4.79 Å². The molecule has 3 nitrogen and oxygen atoms in total. The van der Waals surface area contributed by atoms with Gasteiger partial charge in [-0.15, -0.1) is 0 Å². The molecule has 0 unspecified atom stereocenters. The van der Waals surface area contributed by atoms with Gasteiger partial charge in [0, 0.05) is 25.5 Å². The lowest BCUT2D eigenvalue weighted by Gasteiger charge is -2.11. The Morgan fingerprint density at radius 3 is 2.20 bits per heavy atom. The third-order valence-electron chi connectivity index (χ3n) is 1.33. The Morgan fingerprint density at radius 1 is 1.40 bits per heavy atom. The third-order valence-corrected chi connectivity index (χ3v) is 1.33. The number of nitrogens with zero attached hydrogens (tertiary/aromatic N) is 2. The molecule has 0 radical (unpaired) electrons. The predicted molar refractivity (Wildman–Crippen MR) is 39.2 cm³/mol. The van der Waals surface area contributed by atoms with Gasteiger partial charge in [-0.3, -0.25) is 4.90 Å². The summed E-state index contributed by atoms with van der Waals surface area (Å²) in [6.45, 7) is 8.66. The van der Waals surface area contributed by atoms with Gasteiger partial charge in [0.25, 0.3) is 0 Å². The fourth-order valence-corrected chi connectivity index (χ4v) is 0.635. The molecule has 0 aliphatic carbocycles. The SMILES string of the molecule is C=CN(C=C)C(=O)N1CC1. The van der Waals surface area contributed by atoms with Crippen molar-refractivity contribution in [1.82, 2.24) is 9.80 Å². The maximum Gasteiger partial charge on any atom is 0.328 e. The molecule has 0 aromatic rings. The molecule has 1 saturated heterocycles. The van der Waals surface area contributed by atoms with Gasteiger partial charge in [0.05, 0.1) is 0 Å². The number of urea groups is 1. The number of amides is 2. The second-order valence-corrected chi connectivity index (χ2v) is 2.04. The van der Waals surface area contributed by atoms with Gasteiger partial charge in [0.15, 0.2) is 0 Å². The van der Waals surface area contributed by atoms with Crippen molar-refractivity contribution in [2.45, 2.75) is 0 Å². The fraction of sp³-hybridized carbons (Fsp3) is 0.286. The van der Waals surface area contributed by atoms with E-state index in [4.69, 9.17) is 0 Å². The molecule has 3 heteroatoms. The Labute approximate surface area is 60.2 Å². The van der Waals surface area contributed by atoms with E-state index >= 15 is 0 Å². The van der Waals surface area contributed by atoms with Crippen LogP contribution in [0.5, 0.6) is 0 Å². The largest absolute Gasteiger partial charge is 0.328 e. The van der Waals surface area contributed by atoms with Crippen LogP contribution < -0.4 is 0 Å². The monoisotopic (exact) mass is 138 g/mol. The van der Waals surface area contributed by atoms with Crippen molar-refractivity contribution in [3.8, 4) is 0 Å². The normalized spacial score (nSPS) is 14.2. The quantitative estimate of drug-likeness (QED) is 0.522. The van der Waals surface area contributed by atoms with Crippen LogP contribution in [-0.2, 0) is 0 Å². The summed E-state index contributed by atoms with van der Waals surface area (Å²) in [5.74, 6) is 0. The summed E-state index contributed by atoms with van der Waals surface area (Å²) >= 11 is 0. The van der Waals surface area contributed by atoms with E-state index in [0.29, 0.717) is 0 Å². The molecule has 2 amide bonds. The summed E-state index contributed by atoms with van der Waals surface area (Å²) in [5, 5.41) is 0. The van der Waals surface area contributed by atoms with Gasteiger partial charge in [-0.05, 0) is 0 Å². The fourth-order valence-electron chi connectivity index (χ4n) is 0.635. The van der Waals surface area contributed by atoms with Gasteiger partial charge >= 0.3 is 6.03 Å². The standard InChI is InChI=1S/C7H10N2O/c1-3-8(4-2)7(10)9-5-6-9/h3-4H,1-2,5-6H2. The van der Waals surface area contributed by atoms with Crippen LogP contribution in [0.3, 0.4) is 0 Å². The molecule has 0 aromatic carbocycles. The van der Waals surface area contributed by atoms with E-state index in [0.717, 1.165) is 13.1 Å². The second kappa shape index (κ2) is 2.56. The lowest BCUT2D eigenvalue weighted by Crippen LogP contribution is -2.24. The topological polar surface area (TPSA) is 23.3 Å². The van der Waals surface area contributed by atoms with Crippen molar-refractivity contribution in [3.63, 3.8) is 0 Å². The number of carbonyl (C=O) groups is 1. The predicted octanol–water partition coefficient (Wildman–Crippen LogP) is 1.01. The van der Waals surface area contributed by atoms with Crippen molar-refractivity contribution in [1.29, 1.82) is 0 Å². The molecule has 54 valence electrons. The summed E-state index contributed by atoms with van der Waals surface area (Å²) in [6, 6.07) is -0.0370. The smallest absolute Gasteiger partial charge is 0.321 e. The number of hydrogen-bond acceptors (Lipinski definition) is 1. The van der Waals surface area contributed by atoms with Crippen molar-refractivity contribution in [2.75, 3.05) is 13.1 Å². The summed E-state index contributed by atoms with van der Waals surface area (Å²) in [6.07, 6.45) is 2.90. The van der Waals surface area contributed by atoms with E-state index in [1.807, 2.05) is 0 Å². The van der Waals surface area contributed by atoms with E-state index in [2.05, 4.69) is 13.2 Å². The van der Waals surface area contributed by atoms with E-state index in [1.54, 1.807) is 4.90 Å². The van der Waals surface area contributed by atoms with Gasteiger partial charge in [-0.1, -0.05) is 13.2 Å². The summed E-state index contributed by atoms with van der Waals surface area (Å²) in [5.41, 5.74) is 0. The lowest BCUT2D eigenvalue weighted by atomic mass is 10.7. The first-order chi connectivity index (χ1) is 4.79. The average molecular weight is 138 g/mol. The first-order valence-corrected chi connectivity index (χ1v) is 3.12. The van der Waals surface area contributed by atoms with Crippen LogP contribution in [0.15, 0.2) is 25.6 Å². The van der Waals surface area contributed by atoms with E-state index in [9.17, 15) is 4.79 Å². The van der Waals surface area contributed by atoms with Crippen LogP contribution >= 0.6 is 0 Å². The summed E-state index contributed by atoms with van der Waals surface area (Å²) < 4.78 is 0. The number of hydrogen-bond donors (Lipinski definition) is 0. The molecule has 0 bridgehead atoms. The van der Waals surface area contributed by atoms with Crippen LogP contribution in [0.25, 0.3) is 0 Å². The minimum absolute atomic E-state index is 0.0370. The van der Waals surface area contributed by atoms with Crippen molar-refractivity contribution in [3.05, 3.63) is 25.6 Å². The maximum absolute atomic E-state index is 11.1. The zero-order valence-electron chi connectivity index (χ0n) is 5.79. The Bertz CT molecular complexity index is 164. The molecule has 0 aromatic heterocycles. The molecule has 1 fully saturated rings. The maximum atomic E-state index is 11.1. The minimum atomic E-state index is -0.0370.